The second kappa shape index (κ2) is 8.16. The van der Waals surface area contributed by atoms with Gasteiger partial charge in [-0.15, -0.1) is 0 Å². The fourth-order valence-electron chi connectivity index (χ4n) is 4.02. The Morgan fingerprint density at radius 2 is 1.61 bits per heavy atom. The van der Waals surface area contributed by atoms with Crippen LogP contribution in [0.25, 0.3) is 0 Å². The van der Waals surface area contributed by atoms with Gasteiger partial charge in [0, 0.05) is 11.4 Å². The molecule has 1 atom stereocenters. The summed E-state index contributed by atoms with van der Waals surface area (Å²) in [5, 5.41) is 1.98. The second-order valence-electron chi connectivity index (χ2n) is 8.47. The number of nitrogens with zero attached hydrogens (tertiary/aromatic N) is 3. The van der Waals surface area contributed by atoms with E-state index in [1.165, 1.54) is 10.5 Å². The van der Waals surface area contributed by atoms with Crippen LogP contribution in [-0.2, 0) is 16.5 Å². The molecule has 5 N–H and O–H groups in total. The van der Waals surface area contributed by atoms with Gasteiger partial charge in [-0.2, -0.15) is 18.4 Å². The van der Waals surface area contributed by atoms with Gasteiger partial charge < -0.3 is 16.0 Å². The topological polar surface area (TPSA) is 154 Å². The molecule has 11 heteroatoms. The molecule has 1 unspecified atom stereocenters. The lowest BCUT2D eigenvalue weighted by atomic mass is 9.96. The van der Waals surface area contributed by atoms with Crippen molar-refractivity contribution in [2.75, 3.05) is 22.5 Å². The predicted octanol–water partition coefficient (Wildman–Crippen LogP) is 2.35. The molecular formula is C22H26N6O4S. The molecule has 1 aliphatic rings. The number of nitrogen functional groups attached to an aromatic ring is 1. The first-order valence-electron chi connectivity index (χ1n) is 10.4. The molecule has 0 aliphatic carbocycles. The zero-order valence-electron chi connectivity index (χ0n) is 18.8. The highest BCUT2D eigenvalue weighted by atomic mass is 32.2. The minimum Gasteiger partial charge on any atom is -0.398 e. The van der Waals surface area contributed by atoms with Crippen molar-refractivity contribution in [3.8, 4) is 0 Å². The summed E-state index contributed by atoms with van der Waals surface area (Å²) in [4.78, 5) is 23.7. The number of hydrogen-bond donors (Lipinski definition) is 4. The maximum Gasteiger partial charge on any atom is 0.351 e. The SMILES string of the molecule is Cc1cc(Cc2cc(C)c(Nc3nc(N4CC4S(=O)(=O)O)nc(=O)[nH]3)c(C)c2)cc(C)c1N. The average molecular weight is 471 g/mol. The molecule has 1 saturated heterocycles. The Morgan fingerprint density at radius 3 is 2.12 bits per heavy atom. The van der Waals surface area contributed by atoms with Gasteiger partial charge in [-0.3, -0.25) is 9.54 Å². The molecule has 33 heavy (non-hydrogen) atoms. The maximum absolute atomic E-state index is 12.0. The van der Waals surface area contributed by atoms with E-state index in [1.54, 1.807) is 0 Å². The molecule has 0 spiro atoms. The molecule has 2 heterocycles. The molecule has 3 aromatic rings. The molecular weight excluding hydrogens is 444 g/mol. The number of H-pyrrole nitrogens is 1. The van der Waals surface area contributed by atoms with Gasteiger partial charge in [0.05, 0.1) is 6.54 Å². The number of rotatable bonds is 6. The standard InChI is InChI=1S/C22H26N6O4S/c1-11-5-15(6-12(2)18(11)23)9-16-7-13(3)19(14(4)8-16)24-20-25-21(27-22(29)26-20)28-10-17(28)33(30,31)32/h5-8,17H,9-10,23H2,1-4H3,(H,30,31,32)(H2,24,25,26,27,29). The Morgan fingerprint density at radius 1 is 1.06 bits per heavy atom. The summed E-state index contributed by atoms with van der Waals surface area (Å²) >= 11 is 0. The molecule has 0 saturated carbocycles. The van der Waals surface area contributed by atoms with E-state index >= 15 is 0 Å². The summed E-state index contributed by atoms with van der Waals surface area (Å²) in [6, 6.07) is 8.32. The van der Waals surface area contributed by atoms with Crippen molar-refractivity contribution in [1.82, 2.24) is 15.0 Å². The Labute approximate surface area is 191 Å². The molecule has 4 rings (SSSR count). The van der Waals surface area contributed by atoms with Crippen molar-refractivity contribution in [3.05, 3.63) is 68.1 Å². The number of benzene rings is 2. The van der Waals surface area contributed by atoms with Crippen LogP contribution in [0.5, 0.6) is 0 Å². The van der Waals surface area contributed by atoms with Crippen LogP contribution in [0, 0.1) is 27.7 Å². The van der Waals surface area contributed by atoms with Crippen molar-refractivity contribution in [1.29, 1.82) is 0 Å². The Kier molecular flexibility index (Phi) is 5.62. The molecule has 0 radical (unpaired) electrons. The van der Waals surface area contributed by atoms with Gasteiger partial charge in [0.15, 0.2) is 5.37 Å². The van der Waals surface area contributed by atoms with E-state index in [0.717, 1.165) is 45.6 Å². The highest BCUT2D eigenvalue weighted by Crippen LogP contribution is 2.30. The summed E-state index contributed by atoms with van der Waals surface area (Å²) in [5.41, 5.74) is 13.3. The van der Waals surface area contributed by atoms with Crippen LogP contribution in [0.15, 0.2) is 29.1 Å². The molecule has 1 fully saturated rings. The Hall–Kier alpha value is -3.44. The normalized spacial score (nSPS) is 15.5. The molecule has 10 nitrogen and oxygen atoms in total. The number of aromatic nitrogens is 3. The van der Waals surface area contributed by atoms with Gasteiger partial charge in [0.2, 0.25) is 11.9 Å². The molecule has 2 aromatic carbocycles. The van der Waals surface area contributed by atoms with Crippen molar-refractivity contribution < 1.29 is 13.0 Å². The average Bonchev–Trinajstić information content (AvgIpc) is 3.50. The molecule has 1 aliphatic heterocycles. The summed E-state index contributed by atoms with van der Waals surface area (Å²) in [5.74, 6) is 0.0691. The fraction of sp³-hybridized carbons (Fsp3) is 0.318. The third kappa shape index (κ3) is 4.83. The van der Waals surface area contributed by atoms with E-state index in [-0.39, 0.29) is 18.4 Å². The monoisotopic (exact) mass is 470 g/mol. The summed E-state index contributed by atoms with van der Waals surface area (Å²) < 4.78 is 31.8. The third-order valence-electron chi connectivity index (χ3n) is 5.70. The quantitative estimate of drug-likeness (QED) is 0.241. The van der Waals surface area contributed by atoms with Crippen LogP contribution in [0.2, 0.25) is 0 Å². The zero-order chi connectivity index (χ0) is 24.1. The first-order chi connectivity index (χ1) is 15.4. The van der Waals surface area contributed by atoms with Gasteiger partial charge in [-0.05, 0) is 67.5 Å². The van der Waals surface area contributed by atoms with Gasteiger partial charge >= 0.3 is 5.69 Å². The van der Waals surface area contributed by atoms with E-state index in [9.17, 15) is 17.8 Å². The van der Waals surface area contributed by atoms with E-state index in [0.29, 0.717) is 0 Å². The van der Waals surface area contributed by atoms with E-state index in [2.05, 4.69) is 44.5 Å². The summed E-state index contributed by atoms with van der Waals surface area (Å²) in [7, 11) is -4.26. The molecule has 0 amide bonds. The Bertz CT molecular complexity index is 1370. The molecule has 1 aromatic heterocycles. The fourth-order valence-corrected chi connectivity index (χ4v) is 4.79. The number of nitrogens with one attached hydrogen (secondary N) is 2. The number of nitrogens with two attached hydrogens (primary N) is 1. The molecule has 0 bridgehead atoms. The van der Waals surface area contributed by atoms with Crippen LogP contribution in [0.3, 0.4) is 0 Å². The first-order valence-corrected chi connectivity index (χ1v) is 11.9. The van der Waals surface area contributed by atoms with E-state index in [1.807, 2.05) is 27.7 Å². The van der Waals surface area contributed by atoms with Crippen molar-refractivity contribution >= 4 is 33.4 Å². The minimum absolute atomic E-state index is 0.0264. The molecule has 174 valence electrons. The van der Waals surface area contributed by atoms with Gasteiger partial charge in [0.25, 0.3) is 10.1 Å². The number of aromatic amines is 1. The van der Waals surface area contributed by atoms with E-state index < -0.39 is 21.2 Å². The van der Waals surface area contributed by atoms with Crippen molar-refractivity contribution in [2.24, 2.45) is 0 Å². The minimum atomic E-state index is -4.26. The highest BCUT2D eigenvalue weighted by Gasteiger charge is 2.46. The van der Waals surface area contributed by atoms with Gasteiger partial charge in [-0.25, -0.2) is 4.79 Å². The number of anilines is 4. The largest absolute Gasteiger partial charge is 0.398 e. The first kappa shape index (κ1) is 22.7. The zero-order valence-corrected chi connectivity index (χ0v) is 19.6. The predicted molar refractivity (Wildman–Crippen MR) is 128 cm³/mol. The summed E-state index contributed by atoms with van der Waals surface area (Å²) in [6.07, 6.45) is 0.754. The van der Waals surface area contributed by atoms with Crippen LogP contribution in [0.4, 0.5) is 23.3 Å². The van der Waals surface area contributed by atoms with Crippen molar-refractivity contribution in [3.63, 3.8) is 0 Å². The van der Waals surface area contributed by atoms with Crippen LogP contribution in [0.1, 0.15) is 33.4 Å². The lowest BCUT2D eigenvalue weighted by Gasteiger charge is -2.15. The number of aryl methyl sites for hydroxylation is 4. The van der Waals surface area contributed by atoms with Crippen molar-refractivity contribution in [2.45, 2.75) is 39.5 Å². The van der Waals surface area contributed by atoms with Gasteiger partial charge in [0.1, 0.15) is 0 Å². The van der Waals surface area contributed by atoms with Crippen LogP contribution >= 0.6 is 0 Å². The second-order valence-corrected chi connectivity index (χ2v) is 10.0. The lowest BCUT2D eigenvalue weighted by Crippen LogP contribution is -2.20. The maximum atomic E-state index is 12.0. The highest BCUT2D eigenvalue weighted by molar-refractivity contribution is 7.86. The van der Waals surface area contributed by atoms with Gasteiger partial charge in [-0.1, -0.05) is 24.3 Å². The third-order valence-corrected chi connectivity index (χ3v) is 6.80. The van der Waals surface area contributed by atoms with Crippen LogP contribution < -0.4 is 21.6 Å². The summed E-state index contributed by atoms with van der Waals surface area (Å²) in [6.45, 7) is 7.94. The smallest absolute Gasteiger partial charge is 0.351 e. The lowest BCUT2D eigenvalue weighted by molar-refractivity contribution is 0.482. The number of hydrogen-bond acceptors (Lipinski definition) is 8. The van der Waals surface area contributed by atoms with E-state index in [4.69, 9.17) is 5.73 Å². The Balaban J connectivity index is 1.58. The van der Waals surface area contributed by atoms with Crippen LogP contribution in [-0.4, -0.2) is 39.8 Å².